The number of aryl methyl sites for hydroxylation is 1. The second-order valence-electron chi connectivity index (χ2n) is 10.8. The van der Waals surface area contributed by atoms with Crippen LogP contribution in [0.2, 0.25) is 0 Å². The van der Waals surface area contributed by atoms with Crippen LogP contribution >= 0.6 is 0 Å². The van der Waals surface area contributed by atoms with Gasteiger partial charge in [-0.2, -0.15) is 26.3 Å². The van der Waals surface area contributed by atoms with Crippen LogP contribution in [0.4, 0.5) is 42.2 Å². The zero-order chi connectivity index (χ0) is 28.5. The van der Waals surface area contributed by atoms with Crippen LogP contribution in [0.25, 0.3) is 11.6 Å². The number of halogens is 7. The van der Waals surface area contributed by atoms with Crippen molar-refractivity contribution in [3.63, 3.8) is 0 Å². The molecular formula is C25H24F7N5O2. The Bertz CT molecular complexity index is 1420. The fraction of sp³-hybridized carbons (Fsp3) is 0.480. The Kier molecular flexibility index (Phi) is 6.13. The monoisotopic (exact) mass is 559 g/mol. The number of alkyl halides is 6. The van der Waals surface area contributed by atoms with Crippen LogP contribution in [0.15, 0.2) is 28.7 Å². The Hall–Kier alpha value is -3.42. The number of nitrogens with zero attached hydrogens (tertiary/aromatic N) is 4. The lowest BCUT2D eigenvalue weighted by Gasteiger charge is -2.29. The van der Waals surface area contributed by atoms with Crippen LogP contribution in [-0.2, 0) is 18.2 Å². The average Bonchev–Trinajstić information content (AvgIpc) is 3.42. The van der Waals surface area contributed by atoms with Gasteiger partial charge in [-0.25, -0.2) is 9.37 Å². The van der Waals surface area contributed by atoms with Crippen LogP contribution in [0.5, 0.6) is 0 Å². The summed E-state index contributed by atoms with van der Waals surface area (Å²) in [6.07, 6.45) is -8.92. The van der Waals surface area contributed by atoms with E-state index < -0.39 is 63.9 Å². The molecule has 0 saturated carbocycles. The van der Waals surface area contributed by atoms with Gasteiger partial charge in [0.2, 0.25) is 0 Å². The molecule has 2 atom stereocenters. The summed E-state index contributed by atoms with van der Waals surface area (Å²) in [6, 6.07) is 3.22. The maximum Gasteiger partial charge on any atom is 0.430 e. The first kappa shape index (κ1) is 27.2. The number of rotatable bonds is 0. The number of pyridine rings is 1. The van der Waals surface area contributed by atoms with Gasteiger partial charge in [0.1, 0.15) is 17.2 Å². The third-order valence-electron chi connectivity index (χ3n) is 7.21. The molecule has 2 aliphatic rings. The van der Waals surface area contributed by atoms with E-state index in [9.17, 15) is 35.8 Å². The van der Waals surface area contributed by atoms with Crippen LogP contribution in [-0.4, -0.2) is 39.1 Å². The van der Waals surface area contributed by atoms with E-state index in [4.69, 9.17) is 10.2 Å². The van der Waals surface area contributed by atoms with E-state index in [-0.39, 0.29) is 30.0 Å². The first-order valence-corrected chi connectivity index (χ1v) is 12.1. The van der Waals surface area contributed by atoms with Gasteiger partial charge >= 0.3 is 12.4 Å². The minimum Gasteiger partial charge on any atom is -0.415 e. The summed E-state index contributed by atoms with van der Waals surface area (Å²) in [4.78, 5) is 5.64. The highest BCUT2D eigenvalue weighted by molar-refractivity contribution is 5.72. The smallest absolute Gasteiger partial charge is 0.415 e. The van der Waals surface area contributed by atoms with E-state index in [0.717, 1.165) is 12.1 Å². The van der Waals surface area contributed by atoms with Crippen molar-refractivity contribution in [3.05, 3.63) is 52.7 Å². The second-order valence-corrected chi connectivity index (χ2v) is 10.8. The molecule has 7 nitrogen and oxygen atoms in total. The van der Waals surface area contributed by atoms with E-state index in [0.29, 0.717) is 25.3 Å². The molecule has 1 aromatic carbocycles. The molecule has 2 unspecified atom stereocenters. The van der Waals surface area contributed by atoms with E-state index in [1.165, 1.54) is 11.0 Å². The molecule has 4 heterocycles. The summed E-state index contributed by atoms with van der Waals surface area (Å²) >= 11 is 0. The highest BCUT2D eigenvalue weighted by Crippen LogP contribution is 2.48. The Labute approximate surface area is 217 Å². The van der Waals surface area contributed by atoms with Gasteiger partial charge in [-0.05, 0) is 54.9 Å². The molecule has 14 heteroatoms. The molecule has 6 bridgehead atoms. The largest absolute Gasteiger partial charge is 0.430 e. The minimum absolute atomic E-state index is 0.174. The normalized spacial score (nSPS) is 23.2. The number of benzene rings is 1. The van der Waals surface area contributed by atoms with Crippen molar-refractivity contribution in [1.82, 2.24) is 15.2 Å². The predicted molar refractivity (Wildman–Crippen MR) is 125 cm³/mol. The number of nitrogen functional groups attached to an aromatic ring is 1. The Morgan fingerprint density at radius 1 is 1.10 bits per heavy atom. The van der Waals surface area contributed by atoms with E-state index >= 15 is 0 Å². The Balaban J connectivity index is 1.78. The van der Waals surface area contributed by atoms with E-state index in [1.807, 2.05) is 13.8 Å². The highest BCUT2D eigenvalue weighted by Gasteiger charge is 2.61. The zero-order valence-electron chi connectivity index (χ0n) is 20.8. The first-order chi connectivity index (χ1) is 18.0. The second kappa shape index (κ2) is 8.80. The molecule has 0 aliphatic carbocycles. The standard InChI is InChI=1S/C25H24F7N5O2/c1-22(2)10-13-5-3-4-12-6-7-16(26)14(8-12)23(38,25(30,31)32)21-36-35-20(39-21)18-17(33)9-15(24(27,28)29)19(34-18)37(13)11-22/h6-9,13,38H,3-5,10-11,33H2,1-2H3. The van der Waals surface area contributed by atoms with Crippen LogP contribution in [0.1, 0.15) is 55.7 Å². The summed E-state index contributed by atoms with van der Waals surface area (Å²) in [6.45, 7) is 4.05. The fourth-order valence-electron chi connectivity index (χ4n) is 5.43. The summed E-state index contributed by atoms with van der Waals surface area (Å²) in [7, 11) is 0. The molecule has 0 spiro atoms. The maximum absolute atomic E-state index is 14.8. The van der Waals surface area contributed by atoms with Gasteiger partial charge in [0.05, 0.1) is 5.69 Å². The van der Waals surface area contributed by atoms with Crippen molar-refractivity contribution in [2.75, 3.05) is 17.2 Å². The SMILES string of the molecule is CC1(C)CC2CCCc3ccc(F)c(c3)C(O)(C(F)(F)F)c3nnc(o3)-c3nc(c(C(F)(F)F)cc3N)N2C1. The fourth-order valence-corrected chi connectivity index (χ4v) is 5.43. The summed E-state index contributed by atoms with van der Waals surface area (Å²) < 4.78 is 105. The van der Waals surface area contributed by atoms with Crippen molar-refractivity contribution in [2.45, 2.75) is 63.5 Å². The van der Waals surface area contributed by atoms with Crippen molar-refractivity contribution in [2.24, 2.45) is 5.41 Å². The lowest BCUT2D eigenvalue weighted by molar-refractivity contribution is -0.256. The number of anilines is 2. The first-order valence-electron chi connectivity index (χ1n) is 12.1. The van der Waals surface area contributed by atoms with E-state index in [2.05, 4.69) is 15.2 Å². The number of aliphatic hydroxyl groups is 1. The zero-order valence-corrected chi connectivity index (χ0v) is 20.8. The number of hydrogen-bond donors (Lipinski definition) is 2. The lowest BCUT2D eigenvalue weighted by atomic mass is 9.88. The molecule has 1 fully saturated rings. The molecule has 3 N–H and O–H groups in total. The van der Waals surface area contributed by atoms with Crippen molar-refractivity contribution >= 4 is 11.5 Å². The topological polar surface area (TPSA) is 101 Å². The number of hydrogen-bond acceptors (Lipinski definition) is 7. The quantitative estimate of drug-likeness (QED) is 0.345. The molecule has 210 valence electrons. The molecule has 1 saturated heterocycles. The number of aromatic nitrogens is 3. The Morgan fingerprint density at radius 3 is 2.49 bits per heavy atom. The molecule has 2 aliphatic heterocycles. The van der Waals surface area contributed by atoms with Gasteiger partial charge in [0, 0.05) is 18.2 Å². The third kappa shape index (κ3) is 4.57. The van der Waals surface area contributed by atoms with Crippen LogP contribution in [0, 0.1) is 11.2 Å². The number of fused-ring (bicyclic) bond motifs is 9. The van der Waals surface area contributed by atoms with E-state index in [1.54, 1.807) is 0 Å². The summed E-state index contributed by atoms with van der Waals surface area (Å²) in [5.74, 6) is -4.02. The molecule has 2 aromatic heterocycles. The number of nitrogens with two attached hydrogens (primary N) is 1. The Morgan fingerprint density at radius 2 is 1.82 bits per heavy atom. The molecule has 0 amide bonds. The van der Waals surface area contributed by atoms with Crippen molar-refractivity contribution in [3.8, 4) is 11.6 Å². The highest BCUT2D eigenvalue weighted by atomic mass is 19.4. The van der Waals surface area contributed by atoms with Gasteiger partial charge in [0.25, 0.3) is 17.4 Å². The van der Waals surface area contributed by atoms with Gasteiger partial charge in [-0.1, -0.05) is 19.9 Å². The van der Waals surface area contributed by atoms with Crippen molar-refractivity contribution in [1.29, 1.82) is 0 Å². The maximum atomic E-state index is 14.8. The van der Waals surface area contributed by atoms with Gasteiger partial charge < -0.3 is 20.2 Å². The molecular weight excluding hydrogens is 535 g/mol. The summed E-state index contributed by atoms with van der Waals surface area (Å²) in [5, 5.41) is 17.7. The third-order valence-corrected chi connectivity index (χ3v) is 7.21. The molecule has 5 rings (SSSR count). The van der Waals surface area contributed by atoms with Crippen molar-refractivity contribution < 1.29 is 40.3 Å². The van der Waals surface area contributed by atoms with Crippen LogP contribution in [0.3, 0.4) is 0 Å². The van der Waals surface area contributed by atoms with Gasteiger partial charge in [-0.15, -0.1) is 10.2 Å². The molecule has 3 aromatic rings. The van der Waals surface area contributed by atoms with Gasteiger partial charge in [-0.3, -0.25) is 0 Å². The molecule has 39 heavy (non-hydrogen) atoms. The van der Waals surface area contributed by atoms with Gasteiger partial charge in [0.15, 0.2) is 5.69 Å². The summed E-state index contributed by atoms with van der Waals surface area (Å²) in [5.41, 5.74) is -1.61. The average molecular weight is 559 g/mol. The minimum atomic E-state index is -5.51. The van der Waals surface area contributed by atoms with Crippen LogP contribution < -0.4 is 10.6 Å². The molecule has 0 radical (unpaired) electrons. The lowest BCUT2D eigenvalue weighted by Crippen LogP contribution is -2.44. The predicted octanol–water partition coefficient (Wildman–Crippen LogP) is 5.61.